The number of nitrogens with zero attached hydrogens (tertiary/aromatic N) is 2. The highest BCUT2D eigenvalue weighted by Gasteiger charge is 2.48. The van der Waals surface area contributed by atoms with Crippen LogP contribution >= 0.6 is 0 Å². The molecule has 3 unspecified atom stereocenters. The van der Waals surface area contributed by atoms with Crippen LogP contribution in [0.1, 0.15) is 62.6 Å². The molecule has 0 radical (unpaired) electrons. The average Bonchev–Trinajstić information content (AvgIpc) is 3.23. The second kappa shape index (κ2) is 10.8. The summed E-state index contributed by atoms with van der Waals surface area (Å²) in [4.78, 5) is 17.9. The van der Waals surface area contributed by atoms with Crippen LogP contribution in [0, 0.1) is 5.92 Å². The number of hydrogen-bond acceptors (Lipinski definition) is 4. The molecule has 1 saturated heterocycles. The summed E-state index contributed by atoms with van der Waals surface area (Å²) < 4.78 is 6.87. The summed E-state index contributed by atoms with van der Waals surface area (Å²) in [6.45, 7) is 2.53. The van der Waals surface area contributed by atoms with Crippen molar-refractivity contribution in [1.29, 1.82) is 0 Å². The topological polar surface area (TPSA) is 59.4 Å². The predicted molar refractivity (Wildman–Crippen MR) is 129 cm³/mol. The van der Waals surface area contributed by atoms with E-state index in [0.29, 0.717) is 12.2 Å². The lowest BCUT2D eigenvalue weighted by Gasteiger charge is -2.39. The maximum atomic E-state index is 13.4. The summed E-state index contributed by atoms with van der Waals surface area (Å²) in [6, 6.07) is 15.8. The zero-order valence-electron chi connectivity index (χ0n) is 20.0. The van der Waals surface area contributed by atoms with Crippen LogP contribution in [-0.4, -0.2) is 53.3 Å². The number of aryl methyl sites for hydroxylation is 1. The Morgan fingerprint density at radius 2 is 1.82 bits per heavy atom. The average molecular weight is 452 g/mol. The van der Waals surface area contributed by atoms with Gasteiger partial charge in [0.1, 0.15) is 12.6 Å². The first kappa shape index (κ1) is 23.9. The Bertz CT molecular complexity index is 885. The standard InChI is InChI=1S/C28H39N2O3/c1-30(20-10-17-25-16-8-9-19-29-25)21-11-18-26(30)22-33-27(31)28(32,23-12-4-2-5-13-23)24-14-6-3-7-15-24/h2,4-5,8-9,12-13,16,19,24,26,32H,3,6-7,10-11,14-15,17-18,20-22H2,1H3/q+1. The molecule has 0 amide bonds. The number of ether oxygens (including phenoxy) is 1. The third-order valence-electron chi connectivity index (χ3n) is 8.04. The number of pyridine rings is 1. The van der Waals surface area contributed by atoms with Crippen molar-refractivity contribution < 1.29 is 19.1 Å². The molecule has 1 aliphatic carbocycles. The van der Waals surface area contributed by atoms with Crippen molar-refractivity contribution >= 4 is 5.97 Å². The third-order valence-corrected chi connectivity index (χ3v) is 8.04. The van der Waals surface area contributed by atoms with Crippen LogP contribution in [0.4, 0.5) is 0 Å². The molecule has 1 aromatic heterocycles. The van der Waals surface area contributed by atoms with Crippen molar-refractivity contribution in [3.8, 4) is 0 Å². The number of quaternary nitrogens is 1. The van der Waals surface area contributed by atoms with Gasteiger partial charge < -0.3 is 14.3 Å². The third kappa shape index (κ3) is 5.47. The lowest BCUT2D eigenvalue weighted by molar-refractivity contribution is -0.921. The molecule has 3 atom stereocenters. The summed E-state index contributed by atoms with van der Waals surface area (Å²) in [5.74, 6) is -0.545. The van der Waals surface area contributed by atoms with E-state index in [1.165, 1.54) is 6.42 Å². The van der Waals surface area contributed by atoms with Crippen LogP contribution in [-0.2, 0) is 21.6 Å². The van der Waals surface area contributed by atoms with Crippen LogP contribution in [0.5, 0.6) is 0 Å². The van der Waals surface area contributed by atoms with Crippen LogP contribution < -0.4 is 0 Å². The summed E-state index contributed by atoms with van der Waals surface area (Å²) in [5, 5.41) is 11.8. The smallest absolute Gasteiger partial charge is 0.343 e. The number of likely N-dealkylation sites (N-methyl/N-ethyl adjacent to an activating group) is 1. The molecule has 2 aliphatic rings. The molecule has 1 saturated carbocycles. The number of aromatic nitrogens is 1. The van der Waals surface area contributed by atoms with E-state index in [0.717, 1.165) is 74.6 Å². The van der Waals surface area contributed by atoms with E-state index in [2.05, 4.69) is 18.1 Å². The summed E-state index contributed by atoms with van der Waals surface area (Å²) in [5.41, 5.74) is 0.246. The molecule has 33 heavy (non-hydrogen) atoms. The van der Waals surface area contributed by atoms with Gasteiger partial charge in [0, 0.05) is 37.1 Å². The van der Waals surface area contributed by atoms with Gasteiger partial charge in [-0.15, -0.1) is 0 Å². The molecule has 1 N–H and O–H groups in total. The molecular weight excluding hydrogens is 412 g/mol. The van der Waals surface area contributed by atoms with Gasteiger partial charge in [-0.1, -0.05) is 55.7 Å². The number of carbonyl (C=O) groups is 1. The molecular formula is C28H39N2O3+. The SMILES string of the molecule is C[N+]1(CCCc2ccccn2)CCCC1COC(=O)C(O)(c1ccccc1)C1CCCCC1. The molecule has 2 aromatic rings. The Hall–Kier alpha value is -2.24. The highest BCUT2D eigenvalue weighted by atomic mass is 16.6. The fourth-order valence-corrected chi connectivity index (χ4v) is 5.92. The van der Waals surface area contributed by atoms with Crippen molar-refractivity contribution in [2.75, 3.05) is 26.7 Å². The molecule has 2 heterocycles. The van der Waals surface area contributed by atoms with Crippen LogP contribution in [0.2, 0.25) is 0 Å². The highest BCUT2D eigenvalue weighted by molar-refractivity contribution is 5.81. The van der Waals surface area contributed by atoms with Gasteiger partial charge >= 0.3 is 5.97 Å². The lowest BCUT2D eigenvalue weighted by atomic mass is 9.73. The first-order valence-corrected chi connectivity index (χ1v) is 12.7. The Kier molecular flexibility index (Phi) is 7.82. The Labute approximate surface area is 198 Å². The Balaban J connectivity index is 1.39. The van der Waals surface area contributed by atoms with Gasteiger partial charge in [-0.3, -0.25) is 4.98 Å². The molecule has 2 fully saturated rings. The van der Waals surface area contributed by atoms with Crippen molar-refractivity contribution in [3.05, 3.63) is 66.0 Å². The van der Waals surface area contributed by atoms with Gasteiger partial charge in [-0.25, -0.2) is 4.79 Å². The van der Waals surface area contributed by atoms with E-state index in [-0.39, 0.29) is 12.0 Å². The highest BCUT2D eigenvalue weighted by Crippen LogP contribution is 2.40. The minimum absolute atomic E-state index is 0.0797. The Morgan fingerprint density at radius 3 is 2.55 bits per heavy atom. The van der Waals surface area contributed by atoms with Gasteiger partial charge in [0.25, 0.3) is 0 Å². The van der Waals surface area contributed by atoms with Gasteiger partial charge in [0.05, 0.1) is 20.1 Å². The van der Waals surface area contributed by atoms with Gasteiger partial charge in [-0.05, 0) is 37.0 Å². The van der Waals surface area contributed by atoms with E-state index in [1.54, 1.807) is 0 Å². The van der Waals surface area contributed by atoms with E-state index < -0.39 is 11.6 Å². The van der Waals surface area contributed by atoms with E-state index in [9.17, 15) is 9.90 Å². The number of esters is 1. The number of aliphatic hydroxyl groups is 1. The molecule has 1 aliphatic heterocycles. The summed E-state index contributed by atoms with van der Waals surface area (Å²) in [6.07, 6.45) is 11.1. The molecule has 178 valence electrons. The van der Waals surface area contributed by atoms with Crippen molar-refractivity contribution in [2.45, 2.75) is 69.4 Å². The maximum absolute atomic E-state index is 13.4. The van der Waals surface area contributed by atoms with E-state index >= 15 is 0 Å². The fraction of sp³-hybridized carbons (Fsp3) is 0.571. The quantitative estimate of drug-likeness (QED) is 0.446. The van der Waals surface area contributed by atoms with Crippen LogP contribution in [0.15, 0.2) is 54.7 Å². The van der Waals surface area contributed by atoms with Gasteiger partial charge in [0.15, 0.2) is 5.60 Å². The fourth-order valence-electron chi connectivity index (χ4n) is 5.92. The summed E-state index contributed by atoms with van der Waals surface area (Å²) in [7, 11) is 2.29. The van der Waals surface area contributed by atoms with Crippen LogP contribution in [0.3, 0.4) is 0 Å². The zero-order valence-corrected chi connectivity index (χ0v) is 20.0. The molecule has 4 rings (SSSR count). The molecule has 0 bridgehead atoms. The summed E-state index contributed by atoms with van der Waals surface area (Å²) >= 11 is 0. The minimum Gasteiger partial charge on any atom is -0.457 e. The maximum Gasteiger partial charge on any atom is 0.343 e. The minimum atomic E-state index is -1.55. The van der Waals surface area contributed by atoms with Gasteiger partial charge in [0.2, 0.25) is 0 Å². The predicted octanol–water partition coefficient (Wildman–Crippen LogP) is 4.63. The van der Waals surface area contributed by atoms with Crippen molar-refractivity contribution in [3.63, 3.8) is 0 Å². The van der Waals surface area contributed by atoms with Crippen molar-refractivity contribution in [1.82, 2.24) is 4.98 Å². The van der Waals surface area contributed by atoms with Gasteiger partial charge in [-0.2, -0.15) is 0 Å². The monoisotopic (exact) mass is 451 g/mol. The number of benzene rings is 1. The number of rotatable bonds is 9. The number of carbonyl (C=O) groups excluding carboxylic acids is 1. The van der Waals surface area contributed by atoms with E-state index in [1.807, 2.05) is 48.7 Å². The Morgan fingerprint density at radius 1 is 1.06 bits per heavy atom. The van der Waals surface area contributed by atoms with Crippen molar-refractivity contribution in [2.24, 2.45) is 5.92 Å². The molecule has 5 heteroatoms. The molecule has 0 spiro atoms. The zero-order chi connectivity index (χ0) is 23.2. The lowest BCUT2D eigenvalue weighted by Crippen LogP contribution is -2.52. The van der Waals surface area contributed by atoms with E-state index in [4.69, 9.17) is 4.74 Å². The largest absolute Gasteiger partial charge is 0.457 e. The second-order valence-electron chi connectivity index (χ2n) is 10.2. The first-order valence-electron chi connectivity index (χ1n) is 12.7. The number of likely N-dealkylation sites (tertiary alicyclic amines) is 1. The molecule has 5 nitrogen and oxygen atoms in total. The number of hydrogen-bond donors (Lipinski definition) is 1. The molecule has 1 aromatic carbocycles. The normalized spacial score (nSPS) is 25.5. The second-order valence-corrected chi connectivity index (χ2v) is 10.2. The van der Waals surface area contributed by atoms with Crippen LogP contribution in [0.25, 0.3) is 0 Å². The first-order chi connectivity index (χ1) is 16.0.